The van der Waals surface area contributed by atoms with Gasteiger partial charge in [0.25, 0.3) is 0 Å². The van der Waals surface area contributed by atoms with Crippen LogP contribution in [0.5, 0.6) is 0 Å². The van der Waals surface area contributed by atoms with Gasteiger partial charge in [-0.15, -0.1) is 22.7 Å². The molecule has 5 heteroatoms. The number of thiophene rings is 1. The fourth-order valence-electron chi connectivity index (χ4n) is 1.83. The maximum atomic E-state index is 6.02. The number of hydrogen-bond donors (Lipinski definition) is 1. The summed E-state index contributed by atoms with van der Waals surface area (Å²) < 4.78 is 1.23. The normalized spacial score (nSPS) is 11.2. The van der Waals surface area contributed by atoms with E-state index in [4.69, 9.17) is 17.3 Å². The van der Waals surface area contributed by atoms with Crippen molar-refractivity contribution in [1.82, 2.24) is 4.98 Å². The average Bonchev–Trinajstić information content (AvgIpc) is 2.84. The Kier molecular flexibility index (Phi) is 2.58. The van der Waals surface area contributed by atoms with Crippen LogP contribution in [0.15, 0.2) is 23.6 Å². The molecule has 0 saturated carbocycles. The topological polar surface area (TPSA) is 38.9 Å². The third-order valence-electron chi connectivity index (χ3n) is 2.65. The van der Waals surface area contributed by atoms with E-state index in [-0.39, 0.29) is 0 Å². The summed E-state index contributed by atoms with van der Waals surface area (Å²) in [5, 5.41) is 4.57. The van der Waals surface area contributed by atoms with Gasteiger partial charge >= 0.3 is 0 Å². The van der Waals surface area contributed by atoms with E-state index < -0.39 is 0 Å². The number of halogens is 1. The molecule has 0 aliphatic rings. The summed E-state index contributed by atoms with van der Waals surface area (Å²) in [6, 6.07) is 5.97. The van der Waals surface area contributed by atoms with Gasteiger partial charge in [-0.3, -0.25) is 0 Å². The van der Waals surface area contributed by atoms with Gasteiger partial charge in [-0.2, -0.15) is 0 Å². The summed E-state index contributed by atoms with van der Waals surface area (Å²) in [4.78, 5) is 5.51. The molecule has 0 atom stereocenters. The maximum absolute atomic E-state index is 6.02. The number of thiazole rings is 1. The summed E-state index contributed by atoms with van der Waals surface area (Å²) in [6.07, 6.45) is 0. The van der Waals surface area contributed by atoms with Crippen LogP contribution < -0.4 is 5.73 Å². The van der Waals surface area contributed by atoms with E-state index in [1.165, 1.54) is 31.9 Å². The highest BCUT2D eigenvalue weighted by atomic mass is 35.5. The van der Waals surface area contributed by atoms with E-state index in [1.54, 1.807) is 11.3 Å². The largest absolute Gasteiger partial charge is 0.375 e. The predicted octanol–water partition coefficient (Wildman–Crippen LogP) is 4.57. The molecule has 2 nitrogen and oxygen atoms in total. The van der Waals surface area contributed by atoms with Crippen molar-refractivity contribution in [2.45, 2.75) is 6.92 Å². The molecule has 3 rings (SSSR count). The van der Waals surface area contributed by atoms with Gasteiger partial charge in [0.2, 0.25) is 0 Å². The number of aromatic nitrogens is 1. The fourth-order valence-corrected chi connectivity index (χ4v) is 3.78. The van der Waals surface area contributed by atoms with Crippen LogP contribution in [0, 0.1) is 6.92 Å². The number of nitrogens with two attached hydrogens (primary N) is 1. The zero-order valence-corrected chi connectivity index (χ0v) is 11.4. The Bertz CT molecular complexity index is 700. The number of fused-ring (bicyclic) bond motifs is 1. The van der Waals surface area contributed by atoms with Crippen LogP contribution in [0.4, 0.5) is 5.13 Å². The highest BCUT2D eigenvalue weighted by Gasteiger charge is 2.12. The molecule has 2 aromatic heterocycles. The van der Waals surface area contributed by atoms with Crippen LogP contribution in [0.3, 0.4) is 0 Å². The van der Waals surface area contributed by atoms with Crippen LogP contribution >= 0.6 is 34.3 Å². The SMILES string of the molecule is Cc1c(-c2csc(N)n2)sc2ccc(Cl)cc12. The predicted molar refractivity (Wildman–Crippen MR) is 77.1 cm³/mol. The maximum Gasteiger partial charge on any atom is 0.180 e. The zero-order valence-electron chi connectivity index (χ0n) is 9.03. The third-order valence-corrected chi connectivity index (χ3v) is 4.86. The van der Waals surface area contributed by atoms with Gasteiger partial charge in [0.1, 0.15) is 0 Å². The van der Waals surface area contributed by atoms with Gasteiger partial charge in [0.15, 0.2) is 5.13 Å². The molecule has 2 heterocycles. The van der Waals surface area contributed by atoms with E-state index in [0.717, 1.165) is 10.7 Å². The molecule has 0 saturated heterocycles. The minimum absolute atomic E-state index is 0.606. The standard InChI is InChI=1S/C12H9ClN2S2/c1-6-8-4-7(13)2-3-10(8)17-11(6)9-5-16-12(14)15-9/h2-5H,1H3,(H2,14,15). The van der Waals surface area contributed by atoms with E-state index in [2.05, 4.69) is 18.0 Å². The first-order chi connectivity index (χ1) is 8.15. The first-order valence-electron chi connectivity index (χ1n) is 5.05. The zero-order chi connectivity index (χ0) is 12.0. The summed E-state index contributed by atoms with van der Waals surface area (Å²) in [5.41, 5.74) is 7.86. The van der Waals surface area contributed by atoms with Gasteiger partial charge in [0, 0.05) is 15.1 Å². The Balaban J connectivity index is 2.27. The number of anilines is 1. The number of nitrogen functional groups attached to an aromatic ring is 1. The molecule has 0 unspecified atom stereocenters. The lowest BCUT2D eigenvalue weighted by Gasteiger charge is -1.94. The second-order valence-corrected chi connectivity index (χ2v) is 6.15. The molecule has 0 radical (unpaired) electrons. The molecule has 2 N–H and O–H groups in total. The van der Waals surface area contributed by atoms with Gasteiger partial charge in [-0.05, 0) is 36.1 Å². The van der Waals surface area contributed by atoms with Crippen LogP contribution in [-0.2, 0) is 0 Å². The number of rotatable bonds is 1. The van der Waals surface area contributed by atoms with Crippen molar-refractivity contribution in [2.24, 2.45) is 0 Å². The Labute approximate surface area is 112 Å². The smallest absolute Gasteiger partial charge is 0.180 e. The Morgan fingerprint density at radius 2 is 2.18 bits per heavy atom. The molecule has 86 valence electrons. The molecule has 3 aromatic rings. The average molecular weight is 281 g/mol. The number of nitrogens with zero attached hydrogens (tertiary/aromatic N) is 1. The lowest BCUT2D eigenvalue weighted by molar-refractivity contribution is 1.42. The first kappa shape index (κ1) is 11.0. The minimum atomic E-state index is 0.606. The van der Waals surface area contributed by atoms with E-state index in [9.17, 15) is 0 Å². The number of benzene rings is 1. The van der Waals surface area contributed by atoms with E-state index in [1.807, 2.05) is 17.5 Å². The highest BCUT2D eigenvalue weighted by molar-refractivity contribution is 7.23. The summed E-state index contributed by atoms with van der Waals surface area (Å²) in [5.74, 6) is 0. The highest BCUT2D eigenvalue weighted by Crippen LogP contribution is 2.39. The monoisotopic (exact) mass is 280 g/mol. The van der Waals surface area contributed by atoms with Gasteiger partial charge in [0.05, 0.1) is 10.6 Å². The molecule has 0 aliphatic carbocycles. The second kappa shape index (κ2) is 3.98. The Hall–Kier alpha value is -1.10. The van der Waals surface area contributed by atoms with Crippen LogP contribution in [0.1, 0.15) is 5.56 Å². The molecule has 1 aromatic carbocycles. The minimum Gasteiger partial charge on any atom is -0.375 e. The lowest BCUT2D eigenvalue weighted by Crippen LogP contribution is -1.82. The van der Waals surface area contributed by atoms with Crippen LogP contribution in [0.25, 0.3) is 20.7 Å². The van der Waals surface area contributed by atoms with Crippen LogP contribution in [0.2, 0.25) is 5.02 Å². The summed E-state index contributed by atoms with van der Waals surface area (Å²) in [7, 11) is 0. The van der Waals surface area contributed by atoms with Crippen molar-refractivity contribution < 1.29 is 0 Å². The fraction of sp³-hybridized carbons (Fsp3) is 0.0833. The Morgan fingerprint density at radius 3 is 2.88 bits per heavy atom. The van der Waals surface area contributed by atoms with Crippen molar-refractivity contribution >= 4 is 49.5 Å². The molecule has 0 aliphatic heterocycles. The molecule has 0 bridgehead atoms. The van der Waals surface area contributed by atoms with Crippen molar-refractivity contribution in [2.75, 3.05) is 5.73 Å². The summed E-state index contributed by atoms with van der Waals surface area (Å²) >= 11 is 9.22. The van der Waals surface area contributed by atoms with Crippen LogP contribution in [-0.4, -0.2) is 4.98 Å². The molecular weight excluding hydrogens is 272 g/mol. The molecule has 0 spiro atoms. The molecular formula is C12H9ClN2S2. The van der Waals surface area contributed by atoms with Gasteiger partial charge in [-0.1, -0.05) is 11.6 Å². The first-order valence-corrected chi connectivity index (χ1v) is 7.12. The lowest BCUT2D eigenvalue weighted by atomic mass is 10.1. The second-order valence-electron chi connectivity index (χ2n) is 3.77. The van der Waals surface area contributed by atoms with Crippen molar-refractivity contribution in [3.05, 3.63) is 34.2 Å². The number of hydrogen-bond acceptors (Lipinski definition) is 4. The molecule has 0 amide bonds. The molecule has 0 fully saturated rings. The van der Waals surface area contributed by atoms with E-state index in [0.29, 0.717) is 5.13 Å². The van der Waals surface area contributed by atoms with Gasteiger partial charge < -0.3 is 5.73 Å². The van der Waals surface area contributed by atoms with Crippen molar-refractivity contribution in [3.63, 3.8) is 0 Å². The number of aryl methyl sites for hydroxylation is 1. The Morgan fingerprint density at radius 1 is 1.35 bits per heavy atom. The van der Waals surface area contributed by atoms with Gasteiger partial charge in [-0.25, -0.2) is 4.98 Å². The molecule has 17 heavy (non-hydrogen) atoms. The summed E-state index contributed by atoms with van der Waals surface area (Å²) in [6.45, 7) is 2.10. The van der Waals surface area contributed by atoms with Crippen molar-refractivity contribution in [1.29, 1.82) is 0 Å². The quantitative estimate of drug-likeness (QED) is 0.709. The van der Waals surface area contributed by atoms with E-state index >= 15 is 0 Å². The van der Waals surface area contributed by atoms with Crippen molar-refractivity contribution in [3.8, 4) is 10.6 Å². The third kappa shape index (κ3) is 1.82.